The molecular formula is C12H20N2. The second kappa shape index (κ2) is 4.16. The van der Waals surface area contributed by atoms with Crippen LogP contribution in [0.2, 0.25) is 0 Å². The first-order valence-corrected chi connectivity index (χ1v) is 5.74. The zero-order valence-corrected chi connectivity index (χ0v) is 9.24. The van der Waals surface area contributed by atoms with Crippen LogP contribution in [0.5, 0.6) is 0 Å². The number of hydrogen-bond donors (Lipinski definition) is 0. The highest BCUT2D eigenvalue weighted by Crippen LogP contribution is 2.29. The van der Waals surface area contributed by atoms with E-state index in [1.54, 1.807) is 0 Å². The molecule has 1 heterocycles. The maximum Gasteiger partial charge on any atom is 0.0593 e. The molecule has 1 aromatic heterocycles. The summed E-state index contributed by atoms with van der Waals surface area (Å²) in [4.78, 5) is 0. The van der Waals surface area contributed by atoms with Crippen LogP contribution in [0.15, 0.2) is 12.3 Å². The molecule has 2 heteroatoms. The standard InChI is InChI=1S/C12H20N2/c1-10-3-5-12(6-4-10)9-14-8-7-11(2)13-14/h7-8,10,12H,3-6,9H2,1-2H3. The van der Waals surface area contributed by atoms with Crippen molar-refractivity contribution >= 4 is 0 Å². The van der Waals surface area contributed by atoms with Gasteiger partial charge in [-0.05, 0) is 37.7 Å². The summed E-state index contributed by atoms with van der Waals surface area (Å²) in [6.07, 6.45) is 7.70. The lowest BCUT2D eigenvalue weighted by molar-refractivity contribution is 0.257. The molecule has 1 aliphatic carbocycles. The highest BCUT2D eigenvalue weighted by molar-refractivity contribution is 4.94. The molecule has 1 aromatic rings. The Kier molecular flexibility index (Phi) is 2.90. The number of aryl methyl sites for hydroxylation is 1. The van der Waals surface area contributed by atoms with Crippen LogP contribution in [0.3, 0.4) is 0 Å². The van der Waals surface area contributed by atoms with Crippen LogP contribution in [0.1, 0.15) is 38.3 Å². The van der Waals surface area contributed by atoms with E-state index in [1.165, 1.54) is 25.7 Å². The Labute approximate surface area is 86.3 Å². The van der Waals surface area contributed by atoms with E-state index in [0.29, 0.717) is 0 Å². The van der Waals surface area contributed by atoms with Crippen LogP contribution in [-0.2, 0) is 6.54 Å². The Bertz CT molecular complexity index is 282. The lowest BCUT2D eigenvalue weighted by Gasteiger charge is -2.25. The maximum atomic E-state index is 4.44. The third-order valence-corrected chi connectivity index (χ3v) is 3.35. The molecule has 0 bridgehead atoms. The fourth-order valence-electron chi connectivity index (χ4n) is 2.34. The van der Waals surface area contributed by atoms with E-state index in [-0.39, 0.29) is 0 Å². The summed E-state index contributed by atoms with van der Waals surface area (Å²) in [5, 5.41) is 4.44. The average molecular weight is 192 g/mol. The van der Waals surface area contributed by atoms with Gasteiger partial charge in [0.15, 0.2) is 0 Å². The summed E-state index contributed by atoms with van der Waals surface area (Å²) >= 11 is 0. The molecule has 0 aliphatic heterocycles. The first-order chi connectivity index (χ1) is 6.74. The molecule has 1 saturated carbocycles. The van der Waals surface area contributed by atoms with Gasteiger partial charge < -0.3 is 0 Å². The quantitative estimate of drug-likeness (QED) is 0.704. The SMILES string of the molecule is Cc1ccn(CC2CCC(C)CC2)n1. The Hall–Kier alpha value is -0.790. The number of hydrogen-bond acceptors (Lipinski definition) is 1. The molecule has 0 atom stereocenters. The van der Waals surface area contributed by atoms with Gasteiger partial charge in [0.25, 0.3) is 0 Å². The van der Waals surface area contributed by atoms with E-state index in [2.05, 4.69) is 35.9 Å². The van der Waals surface area contributed by atoms with Crippen LogP contribution < -0.4 is 0 Å². The fraction of sp³-hybridized carbons (Fsp3) is 0.750. The van der Waals surface area contributed by atoms with Crippen molar-refractivity contribution in [2.45, 2.75) is 46.1 Å². The monoisotopic (exact) mass is 192 g/mol. The smallest absolute Gasteiger partial charge is 0.0593 e. The van der Waals surface area contributed by atoms with Crippen molar-refractivity contribution < 1.29 is 0 Å². The van der Waals surface area contributed by atoms with Crippen LogP contribution >= 0.6 is 0 Å². The number of aromatic nitrogens is 2. The molecular weight excluding hydrogens is 172 g/mol. The highest BCUT2D eigenvalue weighted by Gasteiger charge is 2.18. The van der Waals surface area contributed by atoms with Gasteiger partial charge in [0, 0.05) is 12.7 Å². The third kappa shape index (κ3) is 2.37. The minimum Gasteiger partial charge on any atom is -0.272 e. The summed E-state index contributed by atoms with van der Waals surface area (Å²) in [6, 6.07) is 2.09. The van der Waals surface area contributed by atoms with E-state index in [0.717, 1.165) is 24.1 Å². The Balaban J connectivity index is 1.86. The molecule has 0 saturated heterocycles. The molecule has 2 nitrogen and oxygen atoms in total. The second-order valence-corrected chi connectivity index (χ2v) is 4.81. The summed E-state index contributed by atoms with van der Waals surface area (Å²) in [5.41, 5.74) is 1.13. The lowest BCUT2D eigenvalue weighted by Crippen LogP contribution is -2.17. The van der Waals surface area contributed by atoms with Crippen molar-refractivity contribution in [2.75, 3.05) is 0 Å². The zero-order chi connectivity index (χ0) is 9.97. The topological polar surface area (TPSA) is 17.8 Å². The molecule has 1 fully saturated rings. The molecule has 78 valence electrons. The van der Waals surface area contributed by atoms with Gasteiger partial charge in [-0.2, -0.15) is 5.10 Å². The summed E-state index contributed by atoms with van der Waals surface area (Å²) < 4.78 is 2.11. The van der Waals surface area contributed by atoms with Gasteiger partial charge in [-0.3, -0.25) is 4.68 Å². The molecule has 0 unspecified atom stereocenters. The summed E-state index contributed by atoms with van der Waals surface area (Å²) in [5.74, 6) is 1.82. The zero-order valence-electron chi connectivity index (χ0n) is 9.24. The molecule has 0 amide bonds. The highest BCUT2D eigenvalue weighted by atomic mass is 15.3. The number of nitrogens with zero attached hydrogens (tertiary/aromatic N) is 2. The third-order valence-electron chi connectivity index (χ3n) is 3.35. The van der Waals surface area contributed by atoms with Crippen molar-refractivity contribution in [2.24, 2.45) is 11.8 Å². The van der Waals surface area contributed by atoms with Gasteiger partial charge in [-0.1, -0.05) is 19.8 Å². The Morgan fingerprint density at radius 1 is 1.36 bits per heavy atom. The van der Waals surface area contributed by atoms with E-state index >= 15 is 0 Å². The van der Waals surface area contributed by atoms with Crippen molar-refractivity contribution in [1.82, 2.24) is 9.78 Å². The van der Waals surface area contributed by atoms with E-state index < -0.39 is 0 Å². The van der Waals surface area contributed by atoms with Gasteiger partial charge in [0.2, 0.25) is 0 Å². The molecule has 0 N–H and O–H groups in total. The maximum absolute atomic E-state index is 4.44. The molecule has 0 radical (unpaired) electrons. The largest absolute Gasteiger partial charge is 0.272 e. The fourth-order valence-corrected chi connectivity index (χ4v) is 2.34. The van der Waals surface area contributed by atoms with E-state index in [4.69, 9.17) is 0 Å². The molecule has 2 rings (SSSR count). The minimum absolute atomic E-state index is 0.866. The second-order valence-electron chi connectivity index (χ2n) is 4.81. The average Bonchev–Trinajstić information content (AvgIpc) is 2.56. The van der Waals surface area contributed by atoms with E-state index in [1.807, 2.05) is 0 Å². The minimum atomic E-state index is 0.866. The first kappa shape index (κ1) is 9.75. The van der Waals surface area contributed by atoms with Crippen molar-refractivity contribution in [1.29, 1.82) is 0 Å². The van der Waals surface area contributed by atoms with Crippen LogP contribution in [0, 0.1) is 18.8 Å². The molecule has 14 heavy (non-hydrogen) atoms. The number of rotatable bonds is 2. The Morgan fingerprint density at radius 2 is 2.07 bits per heavy atom. The van der Waals surface area contributed by atoms with Crippen molar-refractivity contribution in [3.8, 4) is 0 Å². The lowest BCUT2D eigenvalue weighted by atomic mass is 9.83. The van der Waals surface area contributed by atoms with Gasteiger partial charge in [-0.25, -0.2) is 0 Å². The molecule has 1 aliphatic rings. The van der Waals surface area contributed by atoms with Crippen LogP contribution in [0.4, 0.5) is 0 Å². The summed E-state index contributed by atoms with van der Waals surface area (Å²) in [6.45, 7) is 5.55. The van der Waals surface area contributed by atoms with Gasteiger partial charge in [-0.15, -0.1) is 0 Å². The predicted octanol–water partition coefficient (Wildman–Crippen LogP) is 3.02. The van der Waals surface area contributed by atoms with Gasteiger partial charge in [0.05, 0.1) is 5.69 Å². The first-order valence-electron chi connectivity index (χ1n) is 5.74. The van der Waals surface area contributed by atoms with Crippen molar-refractivity contribution in [3.05, 3.63) is 18.0 Å². The normalized spacial score (nSPS) is 27.9. The van der Waals surface area contributed by atoms with Crippen molar-refractivity contribution in [3.63, 3.8) is 0 Å². The van der Waals surface area contributed by atoms with E-state index in [9.17, 15) is 0 Å². The Morgan fingerprint density at radius 3 is 2.64 bits per heavy atom. The van der Waals surface area contributed by atoms with Crippen LogP contribution in [-0.4, -0.2) is 9.78 Å². The molecule has 0 spiro atoms. The predicted molar refractivity (Wildman–Crippen MR) is 58.1 cm³/mol. The van der Waals surface area contributed by atoms with Gasteiger partial charge >= 0.3 is 0 Å². The van der Waals surface area contributed by atoms with Gasteiger partial charge in [0.1, 0.15) is 0 Å². The summed E-state index contributed by atoms with van der Waals surface area (Å²) in [7, 11) is 0. The van der Waals surface area contributed by atoms with Crippen LogP contribution in [0.25, 0.3) is 0 Å². The molecule has 0 aromatic carbocycles.